The zero-order chi connectivity index (χ0) is 22.4. The molecule has 1 heterocycles. The van der Waals surface area contributed by atoms with Gasteiger partial charge in [-0.3, -0.25) is 9.59 Å². The number of nitrogens with zero attached hydrogens (tertiary/aromatic N) is 3. The van der Waals surface area contributed by atoms with E-state index in [1.54, 1.807) is 0 Å². The maximum Gasteiger partial charge on any atom is 0.254 e. The van der Waals surface area contributed by atoms with Gasteiger partial charge in [0.25, 0.3) is 5.91 Å². The summed E-state index contributed by atoms with van der Waals surface area (Å²) in [5, 5.41) is 0. The molecule has 0 radical (unpaired) electrons. The minimum Gasteiger partial charge on any atom is -0.353 e. The van der Waals surface area contributed by atoms with Gasteiger partial charge >= 0.3 is 0 Å². The number of amides is 2. The summed E-state index contributed by atoms with van der Waals surface area (Å²) in [6.45, 7) is 7.67. The lowest BCUT2D eigenvalue weighted by molar-refractivity contribution is -0.133. The molecule has 2 aromatic rings. The molecule has 168 valence electrons. The monoisotopic (exact) mass is 423 g/mol. The Morgan fingerprint density at radius 1 is 1.06 bits per heavy atom. The molecule has 0 bridgehead atoms. The minimum atomic E-state index is -0.0244. The van der Waals surface area contributed by atoms with Crippen LogP contribution in [0.4, 0.5) is 0 Å². The van der Waals surface area contributed by atoms with E-state index >= 15 is 0 Å². The molecular formula is C26H37N3O2. The van der Waals surface area contributed by atoms with Crippen molar-refractivity contribution in [3.63, 3.8) is 0 Å². The average Bonchev–Trinajstić information content (AvgIpc) is 3.16. The molecule has 0 saturated heterocycles. The first kappa shape index (κ1) is 23.1. The molecule has 0 spiro atoms. The van der Waals surface area contributed by atoms with Crippen LogP contribution in [0.2, 0.25) is 0 Å². The minimum absolute atomic E-state index is 0.0244. The van der Waals surface area contributed by atoms with Gasteiger partial charge in [0.1, 0.15) is 6.54 Å². The quantitative estimate of drug-likeness (QED) is 0.613. The fourth-order valence-corrected chi connectivity index (χ4v) is 4.42. The second kappa shape index (κ2) is 10.7. The number of hydrogen-bond acceptors (Lipinski definition) is 2. The van der Waals surface area contributed by atoms with E-state index < -0.39 is 0 Å². The van der Waals surface area contributed by atoms with Crippen molar-refractivity contribution >= 4 is 11.8 Å². The topological polar surface area (TPSA) is 45.6 Å². The van der Waals surface area contributed by atoms with Crippen LogP contribution in [0.5, 0.6) is 0 Å². The van der Waals surface area contributed by atoms with E-state index in [2.05, 4.69) is 24.5 Å². The fourth-order valence-electron chi connectivity index (χ4n) is 4.42. The van der Waals surface area contributed by atoms with Gasteiger partial charge in [-0.05, 0) is 49.9 Å². The molecule has 0 unspecified atom stereocenters. The summed E-state index contributed by atoms with van der Waals surface area (Å²) in [5.41, 5.74) is 2.90. The summed E-state index contributed by atoms with van der Waals surface area (Å²) < 4.78 is 2.05. The number of carbonyl (C=O) groups is 2. The van der Waals surface area contributed by atoms with E-state index in [0.717, 1.165) is 36.9 Å². The normalized spacial score (nSPS) is 14.6. The lowest BCUT2D eigenvalue weighted by Crippen LogP contribution is -2.48. The zero-order valence-electron chi connectivity index (χ0n) is 19.5. The highest BCUT2D eigenvalue weighted by Crippen LogP contribution is 2.24. The van der Waals surface area contributed by atoms with E-state index in [1.807, 2.05) is 60.3 Å². The van der Waals surface area contributed by atoms with Crippen LogP contribution in [-0.4, -0.2) is 45.3 Å². The van der Waals surface area contributed by atoms with Gasteiger partial charge in [-0.2, -0.15) is 0 Å². The SMILES string of the molecule is Cc1ccc(C(=O)N(CC(=O)N(Cc2cccn2C)CC(C)C)C2CCCCC2)cc1. The molecule has 31 heavy (non-hydrogen) atoms. The Balaban J connectivity index is 1.81. The van der Waals surface area contributed by atoms with Crippen LogP contribution in [0.15, 0.2) is 42.6 Å². The molecular weight excluding hydrogens is 386 g/mol. The van der Waals surface area contributed by atoms with Gasteiger partial charge in [-0.15, -0.1) is 0 Å². The summed E-state index contributed by atoms with van der Waals surface area (Å²) in [6.07, 6.45) is 7.41. The highest BCUT2D eigenvalue weighted by atomic mass is 16.2. The van der Waals surface area contributed by atoms with Crippen molar-refractivity contribution in [2.75, 3.05) is 13.1 Å². The standard InChI is InChI=1S/C26H37N3O2/c1-20(2)17-28(18-24-11-8-16-27(24)4)25(30)19-29(23-9-6-5-7-10-23)26(31)22-14-12-21(3)13-15-22/h8,11-16,20,23H,5-7,9-10,17-19H2,1-4H3. The Kier molecular flexibility index (Phi) is 7.94. The third kappa shape index (κ3) is 6.22. The molecule has 1 aliphatic carbocycles. The second-order valence-electron chi connectivity index (χ2n) is 9.37. The Morgan fingerprint density at radius 3 is 2.32 bits per heavy atom. The predicted octanol–water partition coefficient (Wildman–Crippen LogP) is 4.79. The van der Waals surface area contributed by atoms with Crippen LogP contribution in [-0.2, 0) is 18.4 Å². The van der Waals surface area contributed by atoms with Crippen LogP contribution < -0.4 is 0 Å². The number of aromatic nitrogens is 1. The lowest BCUT2D eigenvalue weighted by Gasteiger charge is -2.36. The Bertz CT molecular complexity index is 863. The molecule has 0 aliphatic heterocycles. The number of benzene rings is 1. The molecule has 1 aliphatic rings. The van der Waals surface area contributed by atoms with Gasteiger partial charge in [0.2, 0.25) is 5.91 Å². The first-order valence-corrected chi connectivity index (χ1v) is 11.6. The van der Waals surface area contributed by atoms with Crippen molar-refractivity contribution < 1.29 is 9.59 Å². The van der Waals surface area contributed by atoms with Crippen LogP contribution in [0.3, 0.4) is 0 Å². The van der Waals surface area contributed by atoms with E-state index in [1.165, 1.54) is 6.42 Å². The van der Waals surface area contributed by atoms with Gasteiger partial charge in [0.15, 0.2) is 0 Å². The number of rotatable bonds is 8. The molecule has 1 aromatic carbocycles. The van der Waals surface area contributed by atoms with E-state index in [-0.39, 0.29) is 24.4 Å². The predicted molar refractivity (Wildman–Crippen MR) is 125 cm³/mol. The molecule has 1 saturated carbocycles. The highest BCUT2D eigenvalue weighted by molar-refractivity contribution is 5.96. The Morgan fingerprint density at radius 2 is 1.74 bits per heavy atom. The molecule has 0 N–H and O–H groups in total. The van der Waals surface area contributed by atoms with E-state index in [0.29, 0.717) is 24.6 Å². The highest BCUT2D eigenvalue weighted by Gasteiger charge is 2.30. The van der Waals surface area contributed by atoms with Crippen molar-refractivity contribution in [2.45, 2.75) is 65.5 Å². The molecule has 2 amide bonds. The maximum atomic E-state index is 13.5. The molecule has 5 nitrogen and oxygen atoms in total. The summed E-state index contributed by atoms with van der Waals surface area (Å²) >= 11 is 0. The zero-order valence-corrected chi connectivity index (χ0v) is 19.5. The molecule has 0 atom stereocenters. The van der Waals surface area contributed by atoms with Crippen LogP contribution in [0, 0.1) is 12.8 Å². The van der Waals surface area contributed by atoms with Gasteiger partial charge in [0, 0.05) is 37.1 Å². The summed E-state index contributed by atoms with van der Waals surface area (Å²) in [5.74, 6) is 0.365. The van der Waals surface area contributed by atoms with E-state index in [9.17, 15) is 9.59 Å². The van der Waals surface area contributed by atoms with Crippen molar-refractivity contribution in [1.82, 2.24) is 14.4 Å². The average molecular weight is 424 g/mol. The molecule has 3 rings (SSSR count). The third-order valence-electron chi connectivity index (χ3n) is 6.22. The first-order valence-electron chi connectivity index (χ1n) is 11.6. The Labute approximate surface area is 187 Å². The molecule has 5 heteroatoms. The largest absolute Gasteiger partial charge is 0.353 e. The lowest BCUT2D eigenvalue weighted by atomic mass is 9.93. The van der Waals surface area contributed by atoms with Crippen LogP contribution >= 0.6 is 0 Å². The molecule has 1 fully saturated rings. The summed E-state index contributed by atoms with van der Waals surface area (Å²) in [4.78, 5) is 30.7. The summed E-state index contributed by atoms with van der Waals surface area (Å²) in [7, 11) is 2.00. The van der Waals surface area contributed by atoms with E-state index in [4.69, 9.17) is 0 Å². The smallest absolute Gasteiger partial charge is 0.254 e. The number of aryl methyl sites for hydroxylation is 2. The van der Waals surface area contributed by atoms with Crippen molar-refractivity contribution in [1.29, 1.82) is 0 Å². The van der Waals surface area contributed by atoms with Crippen LogP contribution in [0.25, 0.3) is 0 Å². The van der Waals surface area contributed by atoms with Gasteiger partial charge in [-0.1, -0.05) is 50.8 Å². The summed E-state index contributed by atoms with van der Waals surface area (Å²) in [6, 6.07) is 11.9. The van der Waals surface area contributed by atoms with Crippen LogP contribution in [0.1, 0.15) is 67.6 Å². The van der Waals surface area contributed by atoms with Gasteiger partial charge < -0.3 is 14.4 Å². The van der Waals surface area contributed by atoms with Crippen molar-refractivity contribution in [2.24, 2.45) is 13.0 Å². The van der Waals surface area contributed by atoms with Gasteiger partial charge in [0.05, 0.1) is 6.54 Å². The van der Waals surface area contributed by atoms with Gasteiger partial charge in [-0.25, -0.2) is 0 Å². The number of hydrogen-bond donors (Lipinski definition) is 0. The fraction of sp³-hybridized carbons (Fsp3) is 0.538. The number of carbonyl (C=O) groups excluding carboxylic acids is 2. The van der Waals surface area contributed by atoms with Crippen molar-refractivity contribution in [3.8, 4) is 0 Å². The third-order valence-corrected chi connectivity index (χ3v) is 6.22. The Hall–Kier alpha value is -2.56. The first-order chi connectivity index (χ1) is 14.8. The maximum absolute atomic E-state index is 13.5. The molecule has 1 aromatic heterocycles. The second-order valence-corrected chi connectivity index (χ2v) is 9.37. The van der Waals surface area contributed by atoms with Crippen molar-refractivity contribution in [3.05, 3.63) is 59.4 Å².